The van der Waals surface area contributed by atoms with E-state index in [0.29, 0.717) is 0 Å². The number of hydrogen-bond donors (Lipinski definition) is 1. The van der Waals surface area contributed by atoms with E-state index in [1.165, 1.54) is 22.4 Å². The lowest BCUT2D eigenvalue weighted by atomic mass is 9.97. The molecule has 1 aromatic carbocycles. The Hall–Kier alpha value is -1.13. The maximum absolute atomic E-state index is 4.45. The highest BCUT2D eigenvalue weighted by atomic mass is 79.9. The van der Waals surface area contributed by atoms with Crippen LogP contribution in [0.1, 0.15) is 42.3 Å². The molecule has 0 amide bonds. The molecule has 0 fully saturated rings. The number of aryl methyl sites for hydroxylation is 3. The van der Waals surface area contributed by atoms with Gasteiger partial charge in [-0.25, -0.2) is 0 Å². The highest BCUT2D eigenvalue weighted by molar-refractivity contribution is 9.10. The highest BCUT2D eigenvalue weighted by Gasteiger charge is 2.20. The largest absolute Gasteiger partial charge is 0.309 e. The Labute approximate surface area is 135 Å². The minimum Gasteiger partial charge on any atom is -0.309 e. The van der Waals surface area contributed by atoms with E-state index in [1.807, 2.05) is 6.20 Å². The van der Waals surface area contributed by atoms with Crippen LogP contribution in [0.15, 0.2) is 28.9 Å². The van der Waals surface area contributed by atoms with Crippen LogP contribution in [0.2, 0.25) is 0 Å². The average molecular weight is 350 g/mol. The van der Waals surface area contributed by atoms with Crippen LogP contribution in [-0.2, 0) is 13.0 Å². The number of aromatic nitrogens is 2. The first-order valence-electron chi connectivity index (χ1n) is 7.57. The molecule has 0 aliphatic rings. The maximum Gasteiger partial charge on any atom is 0.0698 e. The fourth-order valence-electron chi connectivity index (χ4n) is 2.72. The minimum absolute atomic E-state index is 0.271. The molecule has 0 aliphatic carbocycles. The fourth-order valence-corrected chi connectivity index (χ4v) is 3.29. The third-order valence-electron chi connectivity index (χ3n) is 3.84. The Morgan fingerprint density at radius 1 is 1.29 bits per heavy atom. The van der Waals surface area contributed by atoms with Gasteiger partial charge in [0.2, 0.25) is 0 Å². The smallest absolute Gasteiger partial charge is 0.0698 e. The number of hydrogen-bond acceptors (Lipinski definition) is 2. The van der Waals surface area contributed by atoms with Gasteiger partial charge in [0.25, 0.3) is 0 Å². The zero-order chi connectivity index (χ0) is 15.4. The van der Waals surface area contributed by atoms with Gasteiger partial charge < -0.3 is 5.32 Å². The molecule has 0 saturated carbocycles. The van der Waals surface area contributed by atoms with Crippen molar-refractivity contribution in [2.24, 2.45) is 0 Å². The number of rotatable bonds is 6. The van der Waals surface area contributed by atoms with Crippen molar-refractivity contribution in [2.75, 3.05) is 6.54 Å². The molecule has 114 valence electrons. The molecule has 0 aliphatic heterocycles. The summed E-state index contributed by atoms with van der Waals surface area (Å²) >= 11 is 3.65. The molecule has 0 saturated heterocycles. The zero-order valence-electron chi connectivity index (χ0n) is 13.3. The number of likely N-dealkylation sites (N-methyl/N-ethyl adjacent to an activating group) is 1. The first-order chi connectivity index (χ1) is 10.1. The van der Waals surface area contributed by atoms with E-state index < -0.39 is 0 Å². The van der Waals surface area contributed by atoms with Crippen molar-refractivity contribution >= 4 is 15.9 Å². The fraction of sp³-hybridized carbons (Fsp3) is 0.471. The standard InChI is InChI=1S/C17H24BrN3/c1-5-19-16(17-15(18)11-20-21(17)6-2)10-14-9-12(3)7-8-13(14)4/h7-9,11,16,19H,5-6,10H2,1-4H3. The second kappa shape index (κ2) is 7.23. The van der Waals surface area contributed by atoms with Crippen molar-refractivity contribution in [3.8, 4) is 0 Å². The van der Waals surface area contributed by atoms with Crippen molar-refractivity contribution in [3.05, 3.63) is 51.3 Å². The molecular weight excluding hydrogens is 326 g/mol. The number of nitrogens with zero attached hydrogens (tertiary/aromatic N) is 2. The van der Waals surface area contributed by atoms with Crippen molar-refractivity contribution < 1.29 is 0 Å². The highest BCUT2D eigenvalue weighted by Crippen LogP contribution is 2.27. The Morgan fingerprint density at radius 2 is 2.05 bits per heavy atom. The summed E-state index contributed by atoms with van der Waals surface area (Å²) in [6.07, 6.45) is 2.87. The van der Waals surface area contributed by atoms with Crippen molar-refractivity contribution in [3.63, 3.8) is 0 Å². The van der Waals surface area contributed by atoms with Crippen LogP contribution in [0.5, 0.6) is 0 Å². The molecule has 1 heterocycles. The molecule has 3 nitrogen and oxygen atoms in total. The lowest BCUT2D eigenvalue weighted by Gasteiger charge is -2.21. The van der Waals surface area contributed by atoms with Gasteiger partial charge in [0.05, 0.1) is 22.4 Å². The molecule has 1 aromatic heterocycles. The van der Waals surface area contributed by atoms with E-state index in [2.05, 4.69) is 76.9 Å². The van der Waals surface area contributed by atoms with Gasteiger partial charge in [0.1, 0.15) is 0 Å². The summed E-state index contributed by atoms with van der Waals surface area (Å²) in [6.45, 7) is 10.4. The lowest BCUT2D eigenvalue weighted by Crippen LogP contribution is -2.26. The van der Waals surface area contributed by atoms with Crippen LogP contribution < -0.4 is 5.32 Å². The van der Waals surface area contributed by atoms with E-state index in [0.717, 1.165) is 24.0 Å². The predicted octanol–water partition coefficient (Wildman–Crippen LogP) is 4.18. The van der Waals surface area contributed by atoms with Gasteiger partial charge in [0, 0.05) is 6.54 Å². The molecule has 0 radical (unpaired) electrons. The quantitative estimate of drug-likeness (QED) is 0.847. The number of halogens is 1. The number of nitrogens with one attached hydrogen (secondary N) is 1. The summed E-state index contributed by atoms with van der Waals surface area (Å²) < 4.78 is 3.16. The Balaban J connectivity index is 2.35. The zero-order valence-corrected chi connectivity index (χ0v) is 14.9. The van der Waals surface area contributed by atoms with Gasteiger partial charge in [-0.2, -0.15) is 5.10 Å². The van der Waals surface area contributed by atoms with E-state index in [1.54, 1.807) is 0 Å². The van der Waals surface area contributed by atoms with Crippen LogP contribution in [0, 0.1) is 13.8 Å². The van der Waals surface area contributed by atoms with Crippen LogP contribution in [0.25, 0.3) is 0 Å². The SMILES string of the molecule is CCNC(Cc1cc(C)ccc1C)c1c(Br)cnn1CC. The molecule has 0 spiro atoms. The van der Waals surface area contributed by atoms with Crippen LogP contribution in [-0.4, -0.2) is 16.3 Å². The summed E-state index contributed by atoms with van der Waals surface area (Å²) in [5.74, 6) is 0. The van der Waals surface area contributed by atoms with E-state index >= 15 is 0 Å². The van der Waals surface area contributed by atoms with Gasteiger partial charge in [-0.1, -0.05) is 30.7 Å². The van der Waals surface area contributed by atoms with Crippen LogP contribution in [0.3, 0.4) is 0 Å². The van der Waals surface area contributed by atoms with E-state index in [-0.39, 0.29) is 6.04 Å². The summed E-state index contributed by atoms with van der Waals surface area (Å²) in [6, 6.07) is 6.94. The second-order valence-corrected chi connectivity index (χ2v) is 6.29. The predicted molar refractivity (Wildman–Crippen MR) is 91.6 cm³/mol. The lowest BCUT2D eigenvalue weighted by molar-refractivity contribution is 0.488. The summed E-state index contributed by atoms with van der Waals surface area (Å²) in [4.78, 5) is 0. The monoisotopic (exact) mass is 349 g/mol. The molecule has 4 heteroatoms. The van der Waals surface area contributed by atoms with Crippen LogP contribution >= 0.6 is 15.9 Å². The molecule has 2 aromatic rings. The van der Waals surface area contributed by atoms with Gasteiger partial charge in [0.15, 0.2) is 0 Å². The normalized spacial score (nSPS) is 12.6. The molecule has 1 atom stereocenters. The first kappa shape index (κ1) is 16.2. The van der Waals surface area contributed by atoms with E-state index in [9.17, 15) is 0 Å². The molecular formula is C17H24BrN3. The first-order valence-corrected chi connectivity index (χ1v) is 8.36. The van der Waals surface area contributed by atoms with Gasteiger partial charge in [-0.15, -0.1) is 0 Å². The van der Waals surface area contributed by atoms with Gasteiger partial charge in [-0.05, 0) is 60.8 Å². The molecule has 1 N–H and O–H groups in total. The second-order valence-electron chi connectivity index (χ2n) is 5.44. The topological polar surface area (TPSA) is 29.9 Å². The number of benzene rings is 1. The maximum atomic E-state index is 4.45. The minimum atomic E-state index is 0.271. The third-order valence-corrected chi connectivity index (χ3v) is 4.45. The van der Waals surface area contributed by atoms with E-state index in [4.69, 9.17) is 0 Å². The Bertz CT molecular complexity index is 604. The summed E-state index contributed by atoms with van der Waals surface area (Å²) in [7, 11) is 0. The van der Waals surface area contributed by atoms with Crippen molar-refractivity contribution in [1.82, 2.24) is 15.1 Å². The Morgan fingerprint density at radius 3 is 2.71 bits per heavy atom. The molecule has 0 bridgehead atoms. The molecule has 21 heavy (non-hydrogen) atoms. The van der Waals surface area contributed by atoms with Gasteiger partial charge >= 0.3 is 0 Å². The summed E-state index contributed by atoms with van der Waals surface area (Å²) in [5.41, 5.74) is 5.30. The molecule has 1 unspecified atom stereocenters. The van der Waals surface area contributed by atoms with Crippen molar-refractivity contribution in [2.45, 2.75) is 46.7 Å². The third kappa shape index (κ3) is 3.74. The van der Waals surface area contributed by atoms with Gasteiger partial charge in [-0.3, -0.25) is 4.68 Å². The van der Waals surface area contributed by atoms with Crippen LogP contribution in [0.4, 0.5) is 0 Å². The average Bonchev–Trinajstić information content (AvgIpc) is 2.83. The molecule has 2 rings (SSSR count). The van der Waals surface area contributed by atoms with Crippen molar-refractivity contribution in [1.29, 1.82) is 0 Å². The summed E-state index contributed by atoms with van der Waals surface area (Å²) in [5, 5.41) is 8.05. The Kier molecular flexibility index (Phi) is 5.59.